The van der Waals surface area contributed by atoms with E-state index in [9.17, 15) is 0 Å². The van der Waals surface area contributed by atoms with Crippen LogP contribution in [0.25, 0.3) is 10.9 Å². The molecule has 2 aromatic rings. The van der Waals surface area contributed by atoms with Crippen molar-refractivity contribution >= 4 is 24.3 Å². The van der Waals surface area contributed by atoms with E-state index >= 15 is 0 Å². The maximum absolute atomic E-state index is 3.26. The summed E-state index contributed by atoms with van der Waals surface area (Å²) in [5, 5.41) is 1.29. The third kappa shape index (κ3) is 0.729. The summed E-state index contributed by atoms with van der Waals surface area (Å²) in [6, 6.07) is 10.4. The van der Waals surface area contributed by atoms with Gasteiger partial charge >= 0.3 is 0 Å². The summed E-state index contributed by atoms with van der Waals surface area (Å²) < 4.78 is 0. The number of H-pyrrole nitrogens is 1. The molecule has 0 aliphatic carbocycles. The van der Waals surface area contributed by atoms with Gasteiger partial charge < -0.3 is 4.98 Å². The van der Waals surface area contributed by atoms with E-state index in [0.717, 1.165) is 0 Å². The van der Waals surface area contributed by atoms with Crippen LogP contribution in [0.3, 0.4) is 0 Å². The third-order valence-corrected chi connectivity index (χ3v) is 1.66. The number of para-hydroxylation sites is 1. The summed E-state index contributed by atoms with van der Waals surface area (Å²) in [4.78, 5) is 3.26. The molecule has 1 aromatic carbocycles. The molecule has 0 atom stereocenters. The van der Waals surface area contributed by atoms with Gasteiger partial charge in [0.2, 0.25) is 0 Å². The van der Waals surface area contributed by atoms with E-state index in [1.807, 2.05) is 6.07 Å². The van der Waals surface area contributed by atoms with Crippen LogP contribution in [-0.2, 0) is 0 Å². The zero-order valence-electron chi connectivity index (χ0n) is 5.89. The van der Waals surface area contributed by atoms with E-state index in [-0.39, 0.29) is 0 Å². The van der Waals surface area contributed by atoms with Crippen molar-refractivity contribution in [2.45, 2.75) is 0 Å². The van der Waals surface area contributed by atoms with Gasteiger partial charge in [-0.25, -0.2) is 0 Å². The van der Waals surface area contributed by atoms with Gasteiger partial charge in [0.15, 0.2) is 7.85 Å². The molecule has 0 bridgehead atoms. The molecular formula is C8H8BN. The molecule has 0 unspecified atom stereocenters. The van der Waals surface area contributed by atoms with E-state index in [4.69, 9.17) is 0 Å². The van der Waals surface area contributed by atoms with Crippen LogP contribution in [0.1, 0.15) is 0 Å². The molecule has 0 radical (unpaired) electrons. The Bertz CT molecular complexity index is 318. The highest BCUT2D eigenvalue weighted by Gasteiger charge is 1.92. The highest BCUT2D eigenvalue weighted by molar-refractivity contribution is 6.32. The third-order valence-electron chi connectivity index (χ3n) is 1.66. The van der Waals surface area contributed by atoms with E-state index in [1.165, 1.54) is 16.5 Å². The first-order chi connectivity index (χ1) is 4.86. The molecule has 1 heterocycles. The molecule has 0 saturated carbocycles. The molecule has 0 aliphatic heterocycles. The van der Waals surface area contributed by atoms with Gasteiger partial charge in [-0.15, -0.1) is 0 Å². The average molecular weight is 129 g/mol. The highest BCUT2D eigenvalue weighted by Crippen LogP contribution is 2.07. The second-order valence-electron chi connectivity index (χ2n) is 2.54. The summed E-state index contributed by atoms with van der Waals surface area (Å²) in [5.74, 6) is 0. The molecule has 1 nitrogen and oxygen atoms in total. The lowest BCUT2D eigenvalue weighted by molar-refractivity contribution is 1.54. The molecule has 10 heavy (non-hydrogen) atoms. The zero-order chi connectivity index (χ0) is 6.97. The summed E-state index contributed by atoms with van der Waals surface area (Å²) in [6.45, 7) is 0. The zero-order valence-corrected chi connectivity index (χ0v) is 5.89. The fraction of sp³-hybridized carbons (Fsp3) is 0. The van der Waals surface area contributed by atoms with Gasteiger partial charge in [0.25, 0.3) is 0 Å². The first kappa shape index (κ1) is 5.60. The first-order valence-electron chi connectivity index (χ1n) is 3.40. The minimum atomic E-state index is 1.22. The van der Waals surface area contributed by atoms with Crippen molar-refractivity contribution in [3.8, 4) is 0 Å². The van der Waals surface area contributed by atoms with Crippen molar-refractivity contribution in [2.24, 2.45) is 0 Å². The number of aromatic amines is 1. The number of benzene rings is 1. The Morgan fingerprint density at radius 1 is 1.20 bits per heavy atom. The SMILES string of the molecule is Bc1cc2ccccc2[nH]1. The monoisotopic (exact) mass is 129 g/mol. The lowest BCUT2D eigenvalue weighted by atomic mass is 10.1. The van der Waals surface area contributed by atoms with E-state index in [0.29, 0.717) is 0 Å². The fourth-order valence-corrected chi connectivity index (χ4v) is 1.22. The first-order valence-corrected chi connectivity index (χ1v) is 3.40. The summed E-state index contributed by atoms with van der Waals surface area (Å²) in [7, 11) is 2.07. The van der Waals surface area contributed by atoms with Gasteiger partial charge in [-0.1, -0.05) is 18.2 Å². The van der Waals surface area contributed by atoms with Crippen LogP contribution in [-0.4, -0.2) is 12.8 Å². The van der Waals surface area contributed by atoms with Crippen molar-refractivity contribution in [2.75, 3.05) is 0 Å². The average Bonchev–Trinajstić information content (AvgIpc) is 2.27. The Balaban J connectivity index is 2.88. The van der Waals surface area contributed by atoms with Gasteiger partial charge in [0.05, 0.1) is 0 Å². The number of hydrogen-bond acceptors (Lipinski definition) is 0. The largest absolute Gasteiger partial charge is 0.368 e. The molecule has 0 amide bonds. The predicted molar refractivity (Wildman–Crippen MR) is 46.5 cm³/mol. The Morgan fingerprint density at radius 2 is 2.00 bits per heavy atom. The van der Waals surface area contributed by atoms with Crippen molar-refractivity contribution in [1.82, 2.24) is 4.98 Å². The summed E-state index contributed by atoms with van der Waals surface area (Å²) in [5.41, 5.74) is 2.45. The molecule has 1 N–H and O–H groups in total. The number of nitrogens with one attached hydrogen (secondary N) is 1. The Morgan fingerprint density at radius 3 is 2.80 bits per heavy atom. The maximum atomic E-state index is 3.26. The predicted octanol–water partition coefficient (Wildman–Crippen LogP) is 0.426. The molecule has 2 heteroatoms. The molecule has 0 saturated heterocycles. The fourth-order valence-electron chi connectivity index (χ4n) is 1.22. The lowest BCUT2D eigenvalue weighted by Crippen LogP contribution is -1.99. The molecule has 1 aromatic heterocycles. The highest BCUT2D eigenvalue weighted by atomic mass is 14.7. The van der Waals surface area contributed by atoms with Crippen molar-refractivity contribution in [1.29, 1.82) is 0 Å². The minimum Gasteiger partial charge on any atom is -0.368 e. The van der Waals surface area contributed by atoms with Crippen LogP contribution < -0.4 is 5.59 Å². The smallest absolute Gasteiger partial charge is 0.160 e. The van der Waals surface area contributed by atoms with Crippen LogP contribution >= 0.6 is 0 Å². The van der Waals surface area contributed by atoms with Crippen molar-refractivity contribution in [3.05, 3.63) is 30.3 Å². The second-order valence-corrected chi connectivity index (χ2v) is 2.54. The molecule has 48 valence electrons. The van der Waals surface area contributed by atoms with Crippen LogP contribution in [0.4, 0.5) is 0 Å². The van der Waals surface area contributed by atoms with Gasteiger partial charge in [-0.05, 0) is 23.1 Å². The standard InChI is InChI=1S/C8H8BN/c9-8-5-6-3-1-2-4-7(6)10-8/h1-5,10H,9H2. The van der Waals surface area contributed by atoms with Crippen molar-refractivity contribution in [3.63, 3.8) is 0 Å². The topological polar surface area (TPSA) is 15.8 Å². The number of fused-ring (bicyclic) bond motifs is 1. The Hall–Kier alpha value is -1.18. The Labute approximate surface area is 60.5 Å². The molecule has 0 spiro atoms. The number of rotatable bonds is 0. The summed E-state index contributed by atoms with van der Waals surface area (Å²) >= 11 is 0. The van der Waals surface area contributed by atoms with Crippen LogP contribution in [0, 0.1) is 0 Å². The quantitative estimate of drug-likeness (QED) is 0.496. The molecule has 0 fully saturated rings. The van der Waals surface area contributed by atoms with Gasteiger partial charge in [-0.2, -0.15) is 0 Å². The molecular weight excluding hydrogens is 121 g/mol. The Kier molecular flexibility index (Phi) is 1.07. The molecule has 2 rings (SSSR count). The second kappa shape index (κ2) is 1.91. The van der Waals surface area contributed by atoms with E-state index in [2.05, 4.69) is 37.1 Å². The van der Waals surface area contributed by atoms with Crippen LogP contribution in [0.5, 0.6) is 0 Å². The van der Waals surface area contributed by atoms with Crippen molar-refractivity contribution < 1.29 is 0 Å². The van der Waals surface area contributed by atoms with Gasteiger partial charge in [0.1, 0.15) is 0 Å². The minimum absolute atomic E-state index is 1.22. The van der Waals surface area contributed by atoms with E-state index in [1.54, 1.807) is 0 Å². The molecule has 0 aliphatic rings. The number of aromatic nitrogens is 1. The normalized spacial score (nSPS) is 10.4. The number of hydrogen-bond donors (Lipinski definition) is 1. The van der Waals surface area contributed by atoms with Crippen LogP contribution in [0.2, 0.25) is 0 Å². The lowest BCUT2D eigenvalue weighted by Gasteiger charge is -1.83. The maximum Gasteiger partial charge on any atom is 0.160 e. The van der Waals surface area contributed by atoms with E-state index < -0.39 is 0 Å². The van der Waals surface area contributed by atoms with Gasteiger partial charge in [0, 0.05) is 5.52 Å². The summed E-state index contributed by atoms with van der Waals surface area (Å²) in [6.07, 6.45) is 0. The van der Waals surface area contributed by atoms with Crippen LogP contribution in [0.15, 0.2) is 30.3 Å². The van der Waals surface area contributed by atoms with Gasteiger partial charge in [-0.3, -0.25) is 0 Å².